The molecule has 0 bridgehead atoms. The van der Waals surface area contributed by atoms with Gasteiger partial charge in [0.1, 0.15) is 5.75 Å². The Labute approximate surface area is 156 Å². The molecule has 0 saturated carbocycles. The number of carbonyl (C=O) groups excluding carboxylic acids is 3. The Kier molecular flexibility index (Phi) is 7.37. The van der Waals surface area contributed by atoms with E-state index in [1.54, 1.807) is 36.4 Å². The van der Waals surface area contributed by atoms with Gasteiger partial charge < -0.3 is 18.9 Å². The number of hydrogen-bond donors (Lipinski definition) is 0. The van der Waals surface area contributed by atoms with Crippen molar-refractivity contribution < 1.29 is 33.3 Å². The fourth-order valence-electron chi connectivity index (χ4n) is 2.25. The van der Waals surface area contributed by atoms with E-state index in [-0.39, 0.29) is 13.2 Å². The molecule has 0 heterocycles. The van der Waals surface area contributed by atoms with Gasteiger partial charge in [-0.3, -0.25) is 0 Å². The molecule has 0 aliphatic rings. The zero-order valence-corrected chi connectivity index (χ0v) is 14.9. The molecule has 2 aromatic carbocycles. The molecule has 27 heavy (non-hydrogen) atoms. The maximum absolute atomic E-state index is 11.7. The molecule has 2 aromatic rings. The molecule has 7 nitrogen and oxygen atoms in total. The van der Waals surface area contributed by atoms with Crippen molar-refractivity contribution in [2.24, 2.45) is 0 Å². The van der Waals surface area contributed by atoms with E-state index in [4.69, 9.17) is 14.2 Å². The Morgan fingerprint density at radius 2 is 1.63 bits per heavy atom. The summed E-state index contributed by atoms with van der Waals surface area (Å²) >= 11 is 0. The maximum atomic E-state index is 11.7. The van der Waals surface area contributed by atoms with E-state index in [9.17, 15) is 14.4 Å². The summed E-state index contributed by atoms with van der Waals surface area (Å²) in [4.78, 5) is 34.1. The second-order valence-corrected chi connectivity index (χ2v) is 5.49. The van der Waals surface area contributed by atoms with E-state index in [1.807, 2.05) is 0 Å². The zero-order chi connectivity index (χ0) is 19.6. The average molecular weight is 372 g/mol. The highest BCUT2D eigenvalue weighted by atomic mass is 16.7. The molecule has 142 valence electrons. The smallest absolute Gasteiger partial charge is 0.465 e. The average Bonchev–Trinajstić information content (AvgIpc) is 2.69. The SMILES string of the molecule is C=CC(=O)OCCCCOC(=O)Oc1ccc2cc(C(=O)OC)ccc2c1. The first-order valence-corrected chi connectivity index (χ1v) is 8.29. The van der Waals surface area contributed by atoms with E-state index < -0.39 is 18.1 Å². The maximum Gasteiger partial charge on any atom is 0.513 e. The molecular weight excluding hydrogens is 352 g/mol. The standard InChI is InChI=1S/C20H20O7/c1-3-18(21)25-10-4-5-11-26-20(23)27-17-9-8-14-12-16(19(22)24-2)7-6-15(14)13-17/h3,6-9,12-13H,1,4-5,10-11H2,2H3. The third kappa shape index (κ3) is 6.14. The van der Waals surface area contributed by atoms with Crippen molar-refractivity contribution in [3.05, 3.63) is 54.6 Å². The Balaban J connectivity index is 1.81. The van der Waals surface area contributed by atoms with Crippen molar-refractivity contribution in [2.75, 3.05) is 20.3 Å². The minimum absolute atomic E-state index is 0.153. The number of benzene rings is 2. The van der Waals surface area contributed by atoms with Crippen LogP contribution in [-0.4, -0.2) is 38.4 Å². The Hall–Kier alpha value is -3.35. The number of esters is 2. The molecule has 2 rings (SSSR count). The van der Waals surface area contributed by atoms with Crippen LogP contribution >= 0.6 is 0 Å². The summed E-state index contributed by atoms with van der Waals surface area (Å²) in [5.74, 6) is -0.566. The second-order valence-electron chi connectivity index (χ2n) is 5.49. The van der Waals surface area contributed by atoms with Gasteiger partial charge in [-0.15, -0.1) is 0 Å². The van der Waals surface area contributed by atoms with Crippen molar-refractivity contribution in [2.45, 2.75) is 12.8 Å². The van der Waals surface area contributed by atoms with Crippen molar-refractivity contribution in [3.63, 3.8) is 0 Å². The third-order valence-corrected chi connectivity index (χ3v) is 3.60. The summed E-state index contributed by atoms with van der Waals surface area (Å²) in [7, 11) is 1.32. The quantitative estimate of drug-likeness (QED) is 0.230. The fourth-order valence-corrected chi connectivity index (χ4v) is 2.25. The van der Waals surface area contributed by atoms with E-state index in [1.165, 1.54) is 7.11 Å². The summed E-state index contributed by atoms with van der Waals surface area (Å²) < 4.78 is 19.6. The Morgan fingerprint density at radius 1 is 0.963 bits per heavy atom. The first kappa shape index (κ1) is 20.0. The summed E-state index contributed by atoms with van der Waals surface area (Å²) in [6.45, 7) is 3.68. The van der Waals surface area contributed by atoms with Crippen LogP contribution in [0.25, 0.3) is 10.8 Å². The highest BCUT2D eigenvalue weighted by Gasteiger charge is 2.09. The molecule has 0 spiro atoms. The molecule has 0 amide bonds. The van der Waals surface area contributed by atoms with Gasteiger partial charge in [0.05, 0.1) is 25.9 Å². The van der Waals surface area contributed by atoms with Crippen LogP contribution < -0.4 is 4.74 Å². The lowest BCUT2D eigenvalue weighted by atomic mass is 10.1. The first-order chi connectivity index (χ1) is 13.0. The summed E-state index contributed by atoms with van der Waals surface area (Å²) in [5.41, 5.74) is 0.442. The highest BCUT2D eigenvalue weighted by Crippen LogP contribution is 2.22. The van der Waals surface area contributed by atoms with Gasteiger partial charge in [-0.2, -0.15) is 0 Å². The van der Waals surface area contributed by atoms with E-state index in [0.717, 1.165) is 16.8 Å². The number of unbranched alkanes of at least 4 members (excludes halogenated alkanes) is 1. The van der Waals surface area contributed by atoms with E-state index in [0.29, 0.717) is 24.2 Å². The molecule has 0 radical (unpaired) electrons. The van der Waals surface area contributed by atoms with Gasteiger partial charge in [-0.25, -0.2) is 14.4 Å². The van der Waals surface area contributed by atoms with Gasteiger partial charge in [0.15, 0.2) is 0 Å². The van der Waals surface area contributed by atoms with Gasteiger partial charge in [0.25, 0.3) is 0 Å². The summed E-state index contributed by atoms with van der Waals surface area (Å²) in [6, 6.07) is 10.1. The van der Waals surface area contributed by atoms with Crippen LogP contribution in [0.5, 0.6) is 5.75 Å². The highest BCUT2D eigenvalue weighted by molar-refractivity contribution is 5.95. The van der Waals surface area contributed by atoms with Gasteiger partial charge in [-0.05, 0) is 47.9 Å². The largest absolute Gasteiger partial charge is 0.513 e. The van der Waals surface area contributed by atoms with Gasteiger partial charge in [0.2, 0.25) is 0 Å². The minimum Gasteiger partial charge on any atom is -0.465 e. The second kappa shape index (κ2) is 9.96. The molecule has 0 aromatic heterocycles. The molecule has 0 unspecified atom stereocenters. The number of hydrogen-bond acceptors (Lipinski definition) is 7. The van der Waals surface area contributed by atoms with Crippen LogP contribution in [-0.2, 0) is 19.0 Å². The monoisotopic (exact) mass is 372 g/mol. The lowest BCUT2D eigenvalue weighted by Gasteiger charge is -2.08. The molecule has 0 aliphatic carbocycles. The summed E-state index contributed by atoms with van der Waals surface area (Å²) in [5, 5.41) is 1.62. The van der Waals surface area contributed by atoms with Crippen LogP contribution in [0.4, 0.5) is 4.79 Å². The predicted octanol–water partition coefficient (Wildman–Crippen LogP) is 3.65. The molecule has 0 saturated heterocycles. The van der Waals surface area contributed by atoms with Crippen molar-refractivity contribution in [3.8, 4) is 5.75 Å². The van der Waals surface area contributed by atoms with Crippen molar-refractivity contribution in [1.29, 1.82) is 0 Å². The Morgan fingerprint density at radius 3 is 2.33 bits per heavy atom. The van der Waals surface area contributed by atoms with Gasteiger partial charge in [0, 0.05) is 6.08 Å². The molecule has 0 atom stereocenters. The summed E-state index contributed by atoms with van der Waals surface area (Å²) in [6.07, 6.45) is 1.37. The lowest BCUT2D eigenvalue weighted by Crippen LogP contribution is -2.12. The Bertz CT molecular complexity index is 841. The van der Waals surface area contributed by atoms with Gasteiger partial charge >= 0.3 is 18.1 Å². The molecular formula is C20H20O7. The van der Waals surface area contributed by atoms with Crippen LogP contribution in [0.2, 0.25) is 0 Å². The number of ether oxygens (including phenoxy) is 4. The number of methoxy groups -OCH3 is 1. The molecule has 7 heteroatoms. The minimum atomic E-state index is -0.816. The van der Waals surface area contributed by atoms with Crippen LogP contribution in [0.3, 0.4) is 0 Å². The predicted molar refractivity (Wildman–Crippen MR) is 97.7 cm³/mol. The van der Waals surface area contributed by atoms with Crippen molar-refractivity contribution >= 4 is 28.9 Å². The van der Waals surface area contributed by atoms with Crippen LogP contribution in [0.1, 0.15) is 23.2 Å². The molecule has 0 N–H and O–H groups in total. The number of fused-ring (bicyclic) bond motifs is 1. The zero-order valence-electron chi connectivity index (χ0n) is 14.9. The normalized spacial score (nSPS) is 10.1. The van der Waals surface area contributed by atoms with E-state index >= 15 is 0 Å². The number of carbonyl (C=O) groups is 3. The lowest BCUT2D eigenvalue weighted by molar-refractivity contribution is -0.137. The number of rotatable bonds is 8. The van der Waals surface area contributed by atoms with Gasteiger partial charge in [-0.1, -0.05) is 18.7 Å². The fraction of sp³-hybridized carbons (Fsp3) is 0.250. The van der Waals surface area contributed by atoms with Crippen LogP contribution in [0, 0.1) is 0 Å². The molecule has 0 fully saturated rings. The van der Waals surface area contributed by atoms with Crippen LogP contribution in [0.15, 0.2) is 49.1 Å². The topological polar surface area (TPSA) is 88.1 Å². The third-order valence-electron chi connectivity index (χ3n) is 3.60. The molecule has 0 aliphatic heterocycles. The van der Waals surface area contributed by atoms with E-state index in [2.05, 4.69) is 11.3 Å². The van der Waals surface area contributed by atoms with Crippen molar-refractivity contribution in [1.82, 2.24) is 0 Å². The first-order valence-electron chi connectivity index (χ1n) is 8.29.